The first-order valence-electron chi connectivity index (χ1n) is 8.34. The van der Waals surface area contributed by atoms with Crippen LogP contribution in [0.25, 0.3) is 0 Å². The molecule has 0 bridgehead atoms. The number of carboxylic acids is 2. The second-order valence-electron chi connectivity index (χ2n) is 6.44. The molecule has 10 heteroatoms. The smallest absolute Gasteiger partial charge is 0.324 e. The van der Waals surface area contributed by atoms with Gasteiger partial charge in [-0.25, -0.2) is 0 Å². The van der Waals surface area contributed by atoms with Crippen LogP contribution in [-0.4, -0.2) is 54.7 Å². The highest BCUT2D eigenvalue weighted by molar-refractivity contribution is 8.76. The van der Waals surface area contributed by atoms with Crippen molar-refractivity contribution in [2.75, 3.05) is 11.5 Å². The predicted molar refractivity (Wildman–Crippen MR) is 110 cm³/mol. The molecule has 0 aliphatic heterocycles. The molecule has 2 atom stereocenters. The Morgan fingerprint density at radius 2 is 1.21 bits per heavy atom. The summed E-state index contributed by atoms with van der Waals surface area (Å²) in [5.74, 6) is -2.14. The van der Waals surface area contributed by atoms with Crippen molar-refractivity contribution in [2.45, 2.75) is 23.9 Å². The van der Waals surface area contributed by atoms with Gasteiger partial charge in [-0.1, -0.05) is 33.7 Å². The second-order valence-corrected chi connectivity index (χ2v) is 8.91. The number of hydrogen-bond donors (Lipinski definition) is 4. The minimum atomic E-state index is -1.52. The highest BCUT2D eigenvalue weighted by Gasteiger charge is 2.37. The number of aromatic nitrogens is 2. The van der Waals surface area contributed by atoms with E-state index in [4.69, 9.17) is 11.5 Å². The lowest BCUT2D eigenvalue weighted by Crippen LogP contribution is -2.53. The molecule has 0 saturated heterocycles. The number of nitrogens with zero attached hydrogens (tertiary/aromatic N) is 2. The molecule has 0 radical (unpaired) electrons. The monoisotopic (exact) mass is 422 g/mol. The Morgan fingerprint density at radius 1 is 0.821 bits per heavy atom. The van der Waals surface area contributed by atoms with E-state index in [1.807, 2.05) is 0 Å². The van der Waals surface area contributed by atoms with Crippen LogP contribution in [0.2, 0.25) is 0 Å². The standard InChI is InChI=1S/C18H22N4O4S2/c19-17(15(23)24,9-13-5-1-3-7-21-13)11-27-28-12-18(20,16(25)26)10-14-6-2-4-8-22-14/h1-8H,9-12,19-20H2,(H,23,24)(H,25,26)/t17-,18-/m0/s1. The van der Waals surface area contributed by atoms with Gasteiger partial charge in [0.05, 0.1) is 0 Å². The van der Waals surface area contributed by atoms with E-state index in [1.165, 1.54) is 21.6 Å². The maximum atomic E-state index is 11.7. The molecule has 2 aromatic rings. The molecule has 2 aromatic heterocycles. The zero-order valence-electron chi connectivity index (χ0n) is 15.0. The average Bonchev–Trinajstić information content (AvgIpc) is 2.66. The van der Waals surface area contributed by atoms with Crippen molar-refractivity contribution in [3.05, 3.63) is 60.2 Å². The lowest BCUT2D eigenvalue weighted by molar-refractivity contribution is -0.143. The summed E-state index contributed by atoms with van der Waals surface area (Å²) in [6.07, 6.45) is 3.29. The summed E-state index contributed by atoms with van der Waals surface area (Å²) in [5.41, 5.74) is 10.3. The first-order valence-corrected chi connectivity index (χ1v) is 10.8. The third-order valence-electron chi connectivity index (χ3n) is 4.01. The van der Waals surface area contributed by atoms with Crippen LogP contribution in [0, 0.1) is 0 Å². The molecule has 150 valence electrons. The molecule has 0 fully saturated rings. The second kappa shape index (κ2) is 9.87. The zero-order valence-corrected chi connectivity index (χ0v) is 16.7. The zero-order chi connectivity index (χ0) is 20.6. The van der Waals surface area contributed by atoms with Crippen LogP contribution in [0.15, 0.2) is 48.8 Å². The van der Waals surface area contributed by atoms with Crippen molar-refractivity contribution in [1.29, 1.82) is 0 Å². The SMILES string of the molecule is N[C@](CSSC[C@@](N)(Cc1ccccn1)C(=O)O)(Cc1ccccn1)C(=O)O. The third kappa shape index (κ3) is 6.20. The summed E-state index contributed by atoms with van der Waals surface area (Å²) in [5, 5.41) is 19.1. The molecular weight excluding hydrogens is 400 g/mol. The Morgan fingerprint density at radius 3 is 1.50 bits per heavy atom. The van der Waals surface area contributed by atoms with Gasteiger partial charge >= 0.3 is 11.9 Å². The molecule has 0 aliphatic rings. The Hall–Kier alpha value is -2.14. The van der Waals surface area contributed by atoms with Gasteiger partial charge in [0, 0.05) is 48.1 Å². The molecule has 2 heterocycles. The van der Waals surface area contributed by atoms with Crippen molar-refractivity contribution >= 4 is 33.5 Å². The van der Waals surface area contributed by atoms with Gasteiger partial charge in [0.1, 0.15) is 11.1 Å². The number of rotatable bonds is 11. The topological polar surface area (TPSA) is 152 Å². The maximum absolute atomic E-state index is 11.7. The normalized spacial score (nSPS) is 15.4. The molecule has 0 amide bonds. The molecule has 8 nitrogen and oxygen atoms in total. The Bertz CT molecular complexity index is 729. The minimum Gasteiger partial charge on any atom is -0.480 e. The van der Waals surface area contributed by atoms with Gasteiger partial charge in [0.25, 0.3) is 0 Å². The van der Waals surface area contributed by atoms with Gasteiger partial charge < -0.3 is 21.7 Å². The van der Waals surface area contributed by atoms with Crippen molar-refractivity contribution in [2.24, 2.45) is 11.5 Å². The number of carbonyl (C=O) groups is 2. The minimum absolute atomic E-state index is 0.0668. The van der Waals surface area contributed by atoms with Crippen molar-refractivity contribution in [3.63, 3.8) is 0 Å². The summed E-state index contributed by atoms with van der Waals surface area (Å²) < 4.78 is 0. The average molecular weight is 423 g/mol. The van der Waals surface area contributed by atoms with Crippen molar-refractivity contribution < 1.29 is 19.8 Å². The molecule has 0 unspecified atom stereocenters. The number of nitrogens with two attached hydrogens (primary N) is 2. The fourth-order valence-corrected chi connectivity index (χ4v) is 5.12. The van der Waals surface area contributed by atoms with Crippen LogP contribution in [0.5, 0.6) is 0 Å². The van der Waals surface area contributed by atoms with Crippen molar-refractivity contribution in [1.82, 2.24) is 9.97 Å². The summed E-state index contributed by atoms with van der Waals surface area (Å²) in [4.78, 5) is 31.6. The number of pyridine rings is 2. The molecule has 0 saturated carbocycles. The molecule has 0 aromatic carbocycles. The lowest BCUT2D eigenvalue weighted by atomic mass is 9.97. The van der Waals surface area contributed by atoms with Crippen molar-refractivity contribution in [3.8, 4) is 0 Å². The number of aliphatic carboxylic acids is 2. The van der Waals surface area contributed by atoms with Gasteiger partial charge in [-0.2, -0.15) is 0 Å². The van der Waals surface area contributed by atoms with Gasteiger partial charge in [0.15, 0.2) is 0 Å². The van der Waals surface area contributed by atoms with Crippen LogP contribution in [-0.2, 0) is 22.4 Å². The first kappa shape index (κ1) is 22.2. The van der Waals surface area contributed by atoms with Crippen LogP contribution in [0.4, 0.5) is 0 Å². The molecule has 2 rings (SSSR count). The fraction of sp³-hybridized carbons (Fsp3) is 0.333. The van der Waals surface area contributed by atoms with Crippen LogP contribution in [0.1, 0.15) is 11.4 Å². The van der Waals surface area contributed by atoms with Gasteiger partial charge in [0.2, 0.25) is 0 Å². The Labute approximate surface area is 170 Å². The lowest BCUT2D eigenvalue weighted by Gasteiger charge is -2.26. The van der Waals surface area contributed by atoms with E-state index in [-0.39, 0.29) is 24.3 Å². The Balaban J connectivity index is 1.95. The summed E-state index contributed by atoms with van der Waals surface area (Å²) in [6.45, 7) is 0. The maximum Gasteiger partial charge on any atom is 0.324 e. The van der Waals surface area contributed by atoms with E-state index in [0.717, 1.165) is 0 Å². The van der Waals surface area contributed by atoms with E-state index in [2.05, 4.69) is 9.97 Å². The van der Waals surface area contributed by atoms with Gasteiger partial charge in [-0.3, -0.25) is 19.6 Å². The quantitative estimate of drug-likeness (QED) is 0.307. The predicted octanol–water partition coefficient (Wildman–Crippen LogP) is 1.21. The molecular formula is C18H22N4O4S2. The highest BCUT2D eigenvalue weighted by Crippen LogP contribution is 2.30. The number of carboxylic acid groups (broad SMARTS) is 2. The number of hydrogen-bond acceptors (Lipinski definition) is 8. The largest absolute Gasteiger partial charge is 0.480 e. The molecule has 6 N–H and O–H groups in total. The van der Waals surface area contributed by atoms with Crippen LogP contribution < -0.4 is 11.5 Å². The molecule has 0 aliphatic carbocycles. The van der Waals surface area contributed by atoms with Crippen LogP contribution >= 0.6 is 21.6 Å². The third-order valence-corrected chi connectivity index (χ3v) is 6.65. The summed E-state index contributed by atoms with van der Waals surface area (Å²) in [7, 11) is 2.36. The van der Waals surface area contributed by atoms with E-state index in [1.54, 1.807) is 48.8 Å². The molecule has 0 spiro atoms. The fourth-order valence-electron chi connectivity index (χ4n) is 2.32. The highest BCUT2D eigenvalue weighted by atomic mass is 33.1. The first-order chi connectivity index (χ1) is 13.3. The summed E-state index contributed by atoms with van der Waals surface area (Å²) >= 11 is 0. The van der Waals surface area contributed by atoms with E-state index >= 15 is 0 Å². The Kier molecular flexibility index (Phi) is 7.81. The van der Waals surface area contributed by atoms with E-state index in [9.17, 15) is 19.8 Å². The van der Waals surface area contributed by atoms with E-state index < -0.39 is 23.0 Å². The van der Waals surface area contributed by atoms with Gasteiger partial charge in [-0.15, -0.1) is 0 Å². The van der Waals surface area contributed by atoms with E-state index in [0.29, 0.717) is 11.4 Å². The van der Waals surface area contributed by atoms with Crippen LogP contribution in [0.3, 0.4) is 0 Å². The van der Waals surface area contributed by atoms with Gasteiger partial charge in [-0.05, 0) is 24.3 Å². The summed E-state index contributed by atoms with van der Waals surface area (Å²) in [6, 6.07) is 10.4. The molecule has 28 heavy (non-hydrogen) atoms.